The van der Waals surface area contributed by atoms with Gasteiger partial charge in [-0.15, -0.1) is 11.3 Å². The number of nitrogens with zero attached hydrogens (tertiary/aromatic N) is 2. The van der Waals surface area contributed by atoms with Gasteiger partial charge in [0.2, 0.25) is 0 Å². The Bertz CT molecular complexity index is 955. The number of carbonyl (C=O) groups is 1. The second-order valence-corrected chi connectivity index (χ2v) is 8.05. The SMILES string of the molecule is CCOCCn1c(=NC(=O)/C=C/c2cccs2)sc2cc(Br)ccc21. The van der Waals surface area contributed by atoms with E-state index in [1.165, 1.54) is 17.4 Å². The van der Waals surface area contributed by atoms with Crippen molar-refractivity contribution in [1.82, 2.24) is 4.57 Å². The number of halogens is 1. The van der Waals surface area contributed by atoms with Gasteiger partial charge in [-0.1, -0.05) is 33.3 Å². The highest BCUT2D eigenvalue weighted by atomic mass is 79.9. The molecule has 0 radical (unpaired) electrons. The van der Waals surface area contributed by atoms with Gasteiger partial charge in [0.15, 0.2) is 4.80 Å². The number of carbonyl (C=O) groups excluding carboxylic acids is 1. The third-order valence-corrected chi connectivity index (χ3v) is 5.82. The minimum Gasteiger partial charge on any atom is -0.380 e. The van der Waals surface area contributed by atoms with Gasteiger partial charge in [-0.25, -0.2) is 0 Å². The monoisotopic (exact) mass is 436 g/mol. The molecule has 2 aromatic heterocycles. The van der Waals surface area contributed by atoms with Gasteiger partial charge >= 0.3 is 0 Å². The van der Waals surface area contributed by atoms with Gasteiger partial charge in [0, 0.05) is 28.6 Å². The standard InChI is InChI=1S/C18H17BrN2O2S2/c1-2-23-10-9-21-15-7-5-13(19)12-16(15)25-18(21)20-17(22)8-6-14-4-3-11-24-14/h3-8,11-12H,2,9-10H2,1H3/b8-6+,20-18?. The molecule has 0 saturated carbocycles. The van der Waals surface area contributed by atoms with Crippen molar-refractivity contribution in [2.24, 2.45) is 4.99 Å². The molecule has 0 aliphatic heterocycles. The maximum atomic E-state index is 12.2. The normalized spacial score (nSPS) is 12.5. The maximum Gasteiger partial charge on any atom is 0.272 e. The fraction of sp³-hybridized carbons (Fsp3) is 0.222. The first-order valence-electron chi connectivity index (χ1n) is 7.84. The van der Waals surface area contributed by atoms with Crippen LogP contribution in [-0.2, 0) is 16.1 Å². The minimum atomic E-state index is -0.260. The zero-order valence-electron chi connectivity index (χ0n) is 13.6. The van der Waals surface area contributed by atoms with Crippen LogP contribution >= 0.6 is 38.6 Å². The number of thiazole rings is 1. The first-order valence-corrected chi connectivity index (χ1v) is 10.3. The number of fused-ring (bicyclic) bond motifs is 1. The summed E-state index contributed by atoms with van der Waals surface area (Å²) in [5.74, 6) is -0.260. The van der Waals surface area contributed by atoms with Crippen molar-refractivity contribution >= 4 is 60.8 Å². The Labute approximate surface area is 162 Å². The second kappa shape index (κ2) is 8.71. The Morgan fingerprint density at radius 1 is 1.40 bits per heavy atom. The number of aromatic nitrogens is 1. The van der Waals surface area contributed by atoms with Crippen LogP contribution in [0.3, 0.4) is 0 Å². The molecular weight excluding hydrogens is 420 g/mol. The summed E-state index contributed by atoms with van der Waals surface area (Å²) in [6.45, 7) is 3.89. The topological polar surface area (TPSA) is 43.6 Å². The highest BCUT2D eigenvalue weighted by Gasteiger charge is 2.08. The van der Waals surface area contributed by atoms with E-state index in [0.717, 1.165) is 19.6 Å². The predicted molar refractivity (Wildman–Crippen MR) is 108 cm³/mol. The summed E-state index contributed by atoms with van der Waals surface area (Å²) in [4.78, 5) is 18.3. The largest absolute Gasteiger partial charge is 0.380 e. The summed E-state index contributed by atoms with van der Waals surface area (Å²) in [6, 6.07) is 9.99. The number of amides is 1. The molecule has 2 heterocycles. The average Bonchev–Trinajstić information content (AvgIpc) is 3.21. The number of rotatable bonds is 6. The lowest BCUT2D eigenvalue weighted by molar-refractivity contribution is -0.113. The van der Waals surface area contributed by atoms with E-state index in [9.17, 15) is 4.79 Å². The zero-order valence-corrected chi connectivity index (χ0v) is 16.9. The molecule has 0 unspecified atom stereocenters. The lowest BCUT2D eigenvalue weighted by Gasteiger charge is -2.05. The lowest BCUT2D eigenvalue weighted by atomic mass is 10.3. The van der Waals surface area contributed by atoms with Crippen molar-refractivity contribution in [3.05, 3.63) is 55.9 Å². The molecule has 25 heavy (non-hydrogen) atoms. The molecule has 4 nitrogen and oxygen atoms in total. The van der Waals surface area contributed by atoms with Gasteiger partial charge in [0.1, 0.15) is 0 Å². The van der Waals surface area contributed by atoms with Gasteiger partial charge < -0.3 is 9.30 Å². The molecule has 1 amide bonds. The third-order valence-electron chi connectivity index (χ3n) is 3.45. The molecule has 0 aliphatic carbocycles. The first-order chi connectivity index (χ1) is 12.2. The lowest BCUT2D eigenvalue weighted by Crippen LogP contribution is -2.19. The molecule has 0 aliphatic rings. The maximum absolute atomic E-state index is 12.2. The molecule has 7 heteroatoms. The van der Waals surface area contributed by atoms with E-state index in [-0.39, 0.29) is 5.91 Å². The van der Waals surface area contributed by atoms with E-state index in [0.29, 0.717) is 24.6 Å². The molecule has 3 rings (SSSR count). The number of benzene rings is 1. The van der Waals surface area contributed by atoms with Crippen LogP contribution in [0.25, 0.3) is 16.3 Å². The summed E-state index contributed by atoms with van der Waals surface area (Å²) in [7, 11) is 0. The summed E-state index contributed by atoms with van der Waals surface area (Å²) in [6.07, 6.45) is 3.31. The summed E-state index contributed by atoms with van der Waals surface area (Å²) in [5, 5.41) is 1.98. The molecule has 0 saturated heterocycles. The molecule has 0 fully saturated rings. The van der Waals surface area contributed by atoms with Gasteiger partial charge in [0.05, 0.1) is 16.8 Å². The Balaban J connectivity index is 1.95. The number of hydrogen-bond donors (Lipinski definition) is 0. The Hall–Kier alpha value is -1.54. The quantitative estimate of drug-likeness (QED) is 0.414. The van der Waals surface area contributed by atoms with Crippen LogP contribution in [0.2, 0.25) is 0 Å². The average molecular weight is 437 g/mol. The van der Waals surface area contributed by atoms with Crippen LogP contribution in [-0.4, -0.2) is 23.7 Å². The van der Waals surface area contributed by atoms with Crippen molar-refractivity contribution in [3.8, 4) is 0 Å². The Kier molecular flexibility index (Phi) is 6.36. The second-order valence-electron chi connectivity index (χ2n) is 5.14. The fourth-order valence-corrected chi connectivity index (χ4v) is 4.55. The molecule has 130 valence electrons. The first kappa shape index (κ1) is 18.3. The van der Waals surface area contributed by atoms with Crippen LogP contribution in [0.1, 0.15) is 11.8 Å². The number of hydrogen-bond acceptors (Lipinski definition) is 4. The van der Waals surface area contributed by atoms with Gasteiger partial charge in [-0.05, 0) is 42.6 Å². The predicted octanol–water partition coefficient (Wildman–Crippen LogP) is 4.70. The molecule has 0 atom stereocenters. The number of ether oxygens (including phenoxy) is 1. The van der Waals surface area contributed by atoms with Crippen LogP contribution < -0.4 is 4.80 Å². The molecule has 1 aromatic carbocycles. The van der Waals surface area contributed by atoms with Crippen molar-refractivity contribution in [1.29, 1.82) is 0 Å². The van der Waals surface area contributed by atoms with E-state index < -0.39 is 0 Å². The van der Waals surface area contributed by atoms with Crippen LogP contribution in [0.15, 0.2) is 51.3 Å². The highest BCUT2D eigenvalue weighted by molar-refractivity contribution is 9.10. The number of thiophene rings is 1. The summed E-state index contributed by atoms with van der Waals surface area (Å²) < 4.78 is 9.60. The Morgan fingerprint density at radius 2 is 2.28 bits per heavy atom. The van der Waals surface area contributed by atoms with E-state index >= 15 is 0 Å². The zero-order chi connectivity index (χ0) is 17.6. The third kappa shape index (κ3) is 4.76. The van der Waals surface area contributed by atoms with E-state index in [1.807, 2.05) is 47.2 Å². The van der Waals surface area contributed by atoms with Crippen molar-refractivity contribution in [2.45, 2.75) is 13.5 Å². The minimum absolute atomic E-state index is 0.260. The van der Waals surface area contributed by atoms with Gasteiger partial charge in [-0.3, -0.25) is 4.79 Å². The van der Waals surface area contributed by atoms with Gasteiger partial charge in [0.25, 0.3) is 5.91 Å². The summed E-state index contributed by atoms with van der Waals surface area (Å²) in [5.41, 5.74) is 1.06. The molecule has 0 spiro atoms. The molecular formula is C18H17BrN2O2S2. The van der Waals surface area contributed by atoms with E-state index in [2.05, 4.69) is 20.9 Å². The smallest absolute Gasteiger partial charge is 0.272 e. The van der Waals surface area contributed by atoms with E-state index in [4.69, 9.17) is 4.74 Å². The van der Waals surface area contributed by atoms with E-state index in [1.54, 1.807) is 17.4 Å². The summed E-state index contributed by atoms with van der Waals surface area (Å²) >= 11 is 6.59. The highest BCUT2D eigenvalue weighted by Crippen LogP contribution is 2.22. The van der Waals surface area contributed by atoms with Crippen LogP contribution in [0.5, 0.6) is 0 Å². The fourth-order valence-electron chi connectivity index (χ4n) is 2.32. The van der Waals surface area contributed by atoms with Crippen molar-refractivity contribution in [3.63, 3.8) is 0 Å². The Morgan fingerprint density at radius 3 is 3.04 bits per heavy atom. The van der Waals surface area contributed by atoms with Gasteiger partial charge in [-0.2, -0.15) is 4.99 Å². The van der Waals surface area contributed by atoms with Crippen molar-refractivity contribution < 1.29 is 9.53 Å². The molecule has 0 N–H and O–H groups in total. The van der Waals surface area contributed by atoms with Crippen LogP contribution in [0.4, 0.5) is 0 Å². The van der Waals surface area contributed by atoms with Crippen molar-refractivity contribution in [2.75, 3.05) is 13.2 Å². The molecule has 3 aromatic rings. The molecule has 0 bridgehead atoms. The van der Waals surface area contributed by atoms with Crippen LogP contribution in [0, 0.1) is 0 Å².